The fraction of sp³-hybridized carbons (Fsp3) is 0. The maximum Gasteiger partial charge on any atom is 0.285 e. The summed E-state index contributed by atoms with van der Waals surface area (Å²) in [6.07, 6.45) is 2.28. The maximum atomic E-state index is 10.9. The van der Waals surface area contributed by atoms with Gasteiger partial charge < -0.3 is 0 Å². The molecule has 1 aromatic carbocycles. The van der Waals surface area contributed by atoms with Gasteiger partial charge >= 0.3 is 0 Å². The first kappa shape index (κ1) is 11.7. The van der Waals surface area contributed by atoms with E-state index in [0.717, 1.165) is 11.5 Å². The van der Waals surface area contributed by atoms with Crippen LogP contribution in [0.15, 0.2) is 34.1 Å². The molecule has 0 fully saturated rings. The Bertz CT molecular complexity index is 513. The van der Waals surface area contributed by atoms with E-state index in [-0.39, 0.29) is 0 Å². The van der Waals surface area contributed by atoms with Crippen molar-refractivity contribution in [2.75, 3.05) is 0 Å². The molecule has 0 aliphatic heterocycles. The average molecular weight is 244 g/mol. The van der Waals surface area contributed by atoms with Crippen molar-refractivity contribution in [3.05, 3.63) is 40.3 Å². The lowest BCUT2D eigenvalue weighted by Gasteiger charge is -1.92. The third kappa shape index (κ3) is 4.08. The van der Waals surface area contributed by atoms with Crippen LogP contribution < -0.4 is 0 Å². The third-order valence-electron chi connectivity index (χ3n) is 1.47. The van der Waals surface area contributed by atoms with Gasteiger partial charge in [0.05, 0.1) is 5.41 Å². The largest absolute Gasteiger partial charge is 0.285 e. The van der Waals surface area contributed by atoms with Crippen molar-refractivity contribution in [1.29, 1.82) is 0 Å². The van der Waals surface area contributed by atoms with Crippen LogP contribution >= 0.6 is 11.6 Å². The minimum Gasteiger partial charge on any atom is -0.210 e. The molecule has 0 N–H and O–H groups in total. The smallest absolute Gasteiger partial charge is 0.210 e. The van der Waals surface area contributed by atoms with Crippen LogP contribution in [0.5, 0.6) is 0 Å². The minimum atomic E-state index is -3.85. The highest BCUT2D eigenvalue weighted by molar-refractivity contribution is 7.93. The highest BCUT2D eigenvalue weighted by Crippen LogP contribution is 2.11. The molecular weight excluding hydrogens is 238 g/mol. The van der Waals surface area contributed by atoms with E-state index in [0.29, 0.717) is 10.6 Å². The normalized spacial score (nSPS) is 11.3. The van der Waals surface area contributed by atoms with Crippen molar-refractivity contribution in [3.63, 3.8) is 0 Å². The maximum absolute atomic E-state index is 10.9. The number of hydrogen-bond donors (Lipinski definition) is 0. The van der Waals surface area contributed by atoms with Crippen molar-refractivity contribution in [1.82, 2.24) is 0 Å². The van der Waals surface area contributed by atoms with Crippen LogP contribution in [0.2, 0.25) is 5.02 Å². The molecule has 0 unspecified atom stereocenters. The Morgan fingerprint density at radius 3 is 2.40 bits per heavy atom. The van der Waals surface area contributed by atoms with E-state index in [4.69, 9.17) is 11.6 Å². The van der Waals surface area contributed by atoms with Crippen LogP contribution in [0.25, 0.3) is 6.08 Å². The first-order valence-electron chi connectivity index (χ1n) is 3.81. The molecule has 1 aromatic rings. The number of hydrogen-bond acceptors (Lipinski definition) is 3. The predicted octanol–water partition coefficient (Wildman–Crippen LogP) is 1.98. The molecule has 15 heavy (non-hydrogen) atoms. The Morgan fingerprint density at radius 1 is 1.27 bits per heavy atom. The Labute approximate surface area is 92.0 Å². The second kappa shape index (κ2) is 4.89. The zero-order valence-electron chi connectivity index (χ0n) is 7.42. The Hall–Kier alpha value is -1.42. The minimum absolute atomic E-state index is 0.556. The number of nitrogens with zero attached hydrogens (tertiary/aromatic N) is 1. The van der Waals surface area contributed by atoms with Crippen molar-refractivity contribution >= 4 is 33.8 Å². The second-order valence-corrected chi connectivity index (χ2v) is 4.47. The van der Waals surface area contributed by atoms with Crippen LogP contribution in [-0.2, 0) is 14.8 Å². The van der Waals surface area contributed by atoms with Crippen LogP contribution in [0, 0.1) is 0 Å². The highest BCUT2D eigenvalue weighted by Gasteiger charge is 2.00. The summed E-state index contributed by atoms with van der Waals surface area (Å²) in [5, 5.41) is 1.38. The summed E-state index contributed by atoms with van der Waals surface area (Å²) >= 11 is 5.64. The number of isocyanates is 1. The van der Waals surface area contributed by atoms with Crippen LogP contribution in [-0.4, -0.2) is 14.5 Å². The highest BCUT2D eigenvalue weighted by atomic mass is 35.5. The van der Waals surface area contributed by atoms with E-state index < -0.39 is 10.0 Å². The number of halogens is 1. The first-order chi connectivity index (χ1) is 7.03. The Kier molecular flexibility index (Phi) is 3.80. The molecule has 0 radical (unpaired) electrons. The fourth-order valence-electron chi connectivity index (χ4n) is 0.821. The molecule has 6 heteroatoms. The van der Waals surface area contributed by atoms with Gasteiger partial charge in [-0.3, -0.25) is 0 Å². The summed E-state index contributed by atoms with van der Waals surface area (Å²) in [7, 11) is -3.85. The lowest BCUT2D eigenvalue weighted by atomic mass is 10.2. The van der Waals surface area contributed by atoms with Gasteiger partial charge in [0, 0.05) is 5.02 Å². The van der Waals surface area contributed by atoms with Gasteiger partial charge in [-0.2, -0.15) is 8.42 Å². The summed E-state index contributed by atoms with van der Waals surface area (Å²) in [6, 6.07) is 6.52. The van der Waals surface area contributed by atoms with Crippen LogP contribution in [0.4, 0.5) is 0 Å². The summed E-state index contributed by atoms with van der Waals surface area (Å²) in [5.41, 5.74) is 0.643. The van der Waals surface area contributed by atoms with Gasteiger partial charge in [-0.05, 0) is 23.8 Å². The summed E-state index contributed by atoms with van der Waals surface area (Å²) in [5.74, 6) is 0. The zero-order chi connectivity index (χ0) is 11.3. The molecule has 0 saturated carbocycles. The van der Waals surface area contributed by atoms with E-state index in [1.807, 2.05) is 0 Å². The molecule has 0 bridgehead atoms. The van der Waals surface area contributed by atoms with Gasteiger partial charge in [0.15, 0.2) is 0 Å². The van der Waals surface area contributed by atoms with Gasteiger partial charge in [0.1, 0.15) is 0 Å². The van der Waals surface area contributed by atoms with E-state index in [2.05, 4.69) is 4.40 Å². The van der Waals surface area contributed by atoms with E-state index >= 15 is 0 Å². The molecule has 0 heterocycles. The lowest BCUT2D eigenvalue weighted by Crippen LogP contribution is -1.87. The van der Waals surface area contributed by atoms with E-state index in [1.54, 1.807) is 24.3 Å². The Balaban J connectivity index is 2.92. The molecule has 0 atom stereocenters. The van der Waals surface area contributed by atoms with E-state index in [9.17, 15) is 13.2 Å². The topological polar surface area (TPSA) is 63.6 Å². The summed E-state index contributed by atoms with van der Waals surface area (Å²) < 4.78 is 24.5. The monoisotopic (exact) mass is 243 g/mol. The summed E-state index contributed by atoms with van der Waals surface area (Å²) in [6.45, 7) is 0. The molecule has 1 rings (SSSR count). The van der Waals surface area contributed by atoms with Crippen molar-refractivity contribution < 1.29 is 13.2 Å². The number of carbonyl (C=O) groups excluding carboxylic acids is 1. The second-order valence-electron chi connectivity index (χ2n) is 2.55. The number of sulfonamides is 1. The van der Waals surface area contributed by atoms with Crippen LogP contribution in [0.3, 0.4) is 0 Å². The summed E-state index contributed by atoms with van der Waals surface area (Å²) in [4.78, 5) is 9.75. The Morgan fingerprint density at radius 2 is 1.87 bits per heavy atom. The molecule has 4 nitrogen and oxygen atoms in total. The standard InChI is InChI=1S/C9H6ClNO3S/c10-9-3-1-8(2-4-9)5-6-15(13,14)11-7-12/h1-6H. The molecule has 0 spiro atoms. The quantitative estimate of drug-likeness (QED) is 0.602. The van der Waals surface area contributed by atoms with Gasteiger partial charge in [0.2, 0.25) is 0 Å². The number of rotatable bonds is 3. The van der Waals surface area contributed by atoms with Gasteiger partial charge in [-0.15, -0.1) is 0 Å². The molecular formula is C9H6ClNO3S. The van der Waals surface area contributed by atoms with Crippen molar-refractivity contribution in [3.8, 4) is 0 Å². The first-order valence-corrected chi connectivity index (χ1v) is 5.69. The lowest BCUT2D eigenvalue weighted by molar-refractivity contribution is 0.564. The third-order valence-corrected chi connectivity index (χ3v) is 2.53. The molecule has 0 saturated heterocycles. The van der Waals surface area contributed by atoms with E-state index in [1.165, 1.54) is 6.08 Å². The molecule has 0 amide bonds. The molecule has 0 aliphatic rings. The molecule has 0 aromatic heterocycles. The van der Waals surface area contributed by atoms with Gasteiger partial charge in [-0.25, -0.2) is 4.79 Å². The van der Waals surface area contributed by atoms with Gasteiger partial charge in [0.25, 0.3) is 16.1 Å². The van der Waals surface area contributed by atoms with Crippen molar-refractivity contribution in [2.45, 2.75) is 0 Å². The van der Waals surface area contributed by atoms with Gasteiger partial charge in [-0.1, -0.05) is 28.1 Å². The fourth-order valence-corrected chi connectivity index (χ4v) is 1.44. The average Bonchev–Trinajstić information content (AvgIpc) is 2.17. The molecule has 0 aliphatic carbocycles. The SMILES string of the molecule is O=C=NS(=O)(=O)C=Cc1ccc(Cl)cc1. The predicted molar refractivity (Wildman–Crippen MR) is 57.5 cm³/mol. The zero-order valence-corrected chi connectivity index (χ0v) is 8.99. The number of benzene rings is 1. The molecule has 78 valence electrons. The van der Waals surface area contributed by atoms with Crippen molar-refractivity contribution in [2.24, 2.45) is 4.40 Å². The van der Waals surface area contributed by atoms with Crippen LogP contribution in [0.1, 0.15) is 5.56 Å².